The normalized spacial score (nSPS) is 25.1. The highest BCUT2D eigenvalue weighted by Gasteiger charge is 2.24. The highest BCUT2D eigenvalue weighted by molar-refractivity contribution is 6.35. The molecule has 2 amide bonds. The van der Waals surface area contributed by atoms with E-state index < -0.39 is 5.91 Å². The van der Waals surface area contributed by atoms with Crippen LogP contribution in [0.4, 0.5) is 0 Å². The molecular weight excluding hydrogens is 256 g/mol. The van der Waals surface area contributed by atoms with Gasteiger partial charge in [-0.2, -0.15) is 0 Å². The molecule has 114 valence electrons. The van der Waals surface area contributed by atoms with Crippen LogP contribution in [0.1, 0.15) is 25.7 Å². The molecule has 0 aromatic carbocycles. The van der Waals surface area contributed by atoms with Crippen molar-refractivity contribution in [2.24, 2.45) is 0 Å². The van der Waals surface area contributed by atoms with Gasteiger partial charge in [-0.15, -0.1) is 0 Å². The second kappa shape index (κ2) is 7.59. The highest BCUT2D eigenvalue weighted by atomic mass is 16.2. The number of likely N-dealkylation sites (tertiary alicyclic amines) is 1. The lowest BCUT2D eigenvalue weighted by Gasteiger charge is -2.32. The number of carbonyl (C=O) groups is 2. The van der Waals surface area contributed by atoms with Gasteiger partial charge in [-0.1, -0.05) is 6.42 Å². The fraction of sp³-hybridized carbons (Fsp3) is 0.857. The first-order chi connectivity index (χ1) is 9.68. The summed E-state index contributed by atoms with van der Waals surface area (Å²) in [5, 5.41) is 6.04. The van der Waals surface area contributed by atoms with Crippen molar-refractivity contribution in [3.63, 3.8) is 0 Å². The van der Waals surface area contributed by atoms with Crippen molar-refractivity contribution in [2.75, 3.05) is 46.3 Å². The predicted molar refractivity (Wildman–Crippen MR) is 77.3 cm³/mol. The number of nitrogens with one attached hydrogen (secondary N) is 2. The minimum atomic E-state index is -0.453. The number of nitrogens with zero attached hydrogens (tertiary/aromatic N) is 2. The number of carbonyl (C=O) groups excluding carboxylic acids is 2. The Morgan fingerprint density at radius 3 is 2.80 bits per heavy atom. The molecule has 6 heteroatoms. The Morgan fingerprint density at radius 2 is 2.00 bits per heavy atom. The molecule has 0 aromatic rings. The molecular formula is C14H26N4O2. The second-order valence-electron chi connectivity index (χ2n) is 5.74. The van der Waals surface area contributed by atoms with Crippen molar-refractivity contribution >= 4 is 11.8 Å². The number of likely N-dealkylation sites (N-methyl/N-ethyl adjacent to an activating group) is 1. The maximum Gasteiger partial charge on any atom is 0.311 e. The molecule has 0 spiro atoms. The van der Waals surface area contributed by atoms with Gasteiger partial charge < -0.3 is 20.4 Å². The van der Waals surface area contributed by atoms with Gasteiger partial charge in [-0.3, -0.25) is 9.59 Å². The van der Waals surface area contributed by atoms with Crippen molar-refractivity contribution < 1.29 is 9.59 Å². The first-order valence-electron chi connectivity index (χ1n) is 7.66. The van der Waals surface area contributed by atoms with Crippen molar-refractivity contribution in [3.8, 4) is 0 Å². The average molecular weight is 282 g/mol. The highest BCUT2D eigenvalue weighted by Crippen LogP contribution is 2.13. The van der Waals surface area contributed by atoms with Gasteiger partial charge in [-0.05, 0) is 39.4 Å². The van der Waals surface area contributed by atoms with E-state index in [1.165, 1.54) is 12.8 Å². The molecule has 2 aliphatic rings. The van der Waals surface area contributed by atoms with Crippen LogP contribution >= 0.6 is 0 Å². The number of hydrogen-bond donors (Lipinski definition) is 2. The van der Waals surface area contributed by atoms with Crippen LogP contribution in [0.2, 0.25) is 0 Å². The molecule has 0 aromatic heterocycles. The lowest BCUT2D eigenvalue weighted by Crippen LogP contribution is -2.49. The third kappa shape index (κ3) is 4.18. The summed E-state index contributed by atoms with van der Waals surface area (Å²) in [4.78, 5) is 28.0. The van der Waals surface area contributed by atoms with Crippen LogP contribution in [0.5, 0.6) is 0 Å². The Bertz CT molecular complexity index is 340. The molecule has 1 unspecified atom stereocenters. The Balaban J connectivity index is 1.76. The van der Waals surface area contributed by atoms with Gasteiger partial charge in [0.25, 0.3) is 0 Å². The van der Waals surface area contributed by atoms with E-state index in [0.717, 1.165) is 32.5 Å². The summed E-state index contributed by atoms with van der Waals surface area (Å²) in [6, 6.07) is 0.367. The minimum Gasteiger partial charge on any atom is -0.346 e. The SMILES string of the molecule is CN1CCCCC1CNC(=O)C(=O)N1CCCNCC1. The average Bonchev–Trinajstić information content (AvgIpc) is 2.74. The fourth-order valence-corrected chi connectivity index (χ4v) is 2.88. The van der Waals surface area contributed by atoms with E-state index in [-0.39, 0.29) is 5.91 Å². The first-order valence-corrected chi connectivity index (χ1v) is 7.66. The van der Waals surface area contributed by atoms with Crippen LogP contribution in [0.15, 0.2) is 0 Å². The lowest BCUT2D eigenvalue weighted by atomic mass is 10.0. The number of rotatable bonds is 2. The zero-order chi connectivity index (χ0) is 14.4. The summed E-state index contributed by atoms with van der Waals surface area (Å²) < 4.78 is 0. The monoisotopic (exact) mass is 282 g/mol. The summed E-state index contributed by atoms with van der Waals surface area (Å²) in [7, 11) is 2.08. The van der Waals surface area contributed by atoms with Crippen LogP contribution in [0.3, 0.4) is 0 Å². The molecule has 1 atom stereocenters. The Labute approximate surface area is 120 Å². The second-order valence-corrected chi connectivity index (χ2v) is 5.74. The van der Waals surface area contributed by atoms with Gasteiger partial charge in [0.05, 0.1) is 0 Å². The summed E-state index contributed by atoms with van der Waals surface area (Å²) in [6.07, 6.45) is 4.43. The van der Waals surface area contributed by atoms with Crippen LogP contribution < -0.4 is 10.6 Å². The molecule has 2 N–H and O–H groups in total. The molecule has 0 aliphatic carbocycles. The zero-order valence-corrected chi connectivity index (χ0v) is 12.4. The number of hydrogen-bond acceptors (Lipinski definition) is 4. The molecule has 0 radical (unpaired) electrons. The summed E-state index contributed by atoms with van der Waals surface area (Å²) in [5.41, 5.74) is 0. The van der Waals surface area contributed by atoms with E-state index in [9.17, 15) is 9.59 Å². The third-order valence-electron chi connectivity index (χ3n) is 4.24. The summed E-state index contributed by atoms with van der Waals surface area (Å²) in [5.74, 6) is -0.835. The van der Waals surface area contributed by atoms with Gasteiger partial charge >= 0.3 is 11.8 Å². The molecule has 2 saturated heterocycles. The van der Waals surface area contributed by atoms with Crippen LogP contribution in [0, 0.1) is 0 Å². The minimum absolute atomic E-state index is 0.367. The molecule has 0 bridgehead atoms. The lowest BCUT2D eigenvalue weighted by molar-refractivity contribution is -0.145. The van der Waals surface area contributed by atoms with Gasteiger partial charge in [0, 0.05) is 32.2 Å². The number of amides is 2. The molecule has 2 rings (SSSR count). The molecule has 2 aliphatic heterocycles. The molecule has 2 heterocycles. The Kier molecular flexibility index (Phi) is 5.79. The summed E-state index contributed by atoms with van der Waals surface area (Å²) >= 11 is 0. The zero-order valence-electron chi connectivity index (χ0n) is 12.4. The van der Waals surface area contributed by atoms with E-state index in [1.807, 2.05) is 0 Å². The predicted octanol–water partition coefficient (Wildman–Crippen LogP) is -0.591. The van der Waals surface area contributed by atoms with Crippen LogP contribution in [-0.4, -0.2) is 74.0 Å². The Morgan fingerprint density at radius 1 is 1.15 bits per heavy atom. The van der Waals surface area contributed by atoms with Crippen molar-refractivity contribution in [3.05, 3.63) is 0 Å². The maximum absolute atomic E-state index is 12.1. The standard InChI is InChI=1S/C14H26N4O2/c1-17-8-3-2-5-12(17)11-16-13(19)14(20)18-9-4-6-15-7-10-18/h12,15H,2-11H2,1H3,(H,16,19). The topological polar surface area (TPSA) is 64.7 Å². The van der Waals surface area contributed by atoms with Gasteiger partial charge in [0.1, 0.15) is 0 Å². The quantitative estimate of drug-likeness (QED) is 0.665. The van der Waals surface area contributed by atoms with Crippen molar-refractivity contribution in [1.29, 1.82) is 0 Å². The van der Waals surface area contributed by atoms with E-state index in [2.05, 4.69) is 22.6 Å². The van der Waals surface area contributed by atoms with Crippen molar-refractivity contribution in [1.82, 2.24) is 20.4 Å². The van der Waals surface area contributed by atoms with E-state index >= 15 is 0 Å². The van der Waals surface area contributed by atoms with Gasteiger partial charge in [0.2, 0.25) is 0 Å². The summed E-state index contributed by atoms with van der Waals surface area (Å²) in [6.45, 7) is 4.63. The number of piperidine rings is 1. The molecule has 0 saturated carbocycles. The van der Waals surface area contributed by atoms with Gasteiger partial charge in [-0.25, -0.2) is 0 Å². The molecule has 20 heavy (non-hydrogen) atoms. The van der Waals surface area contributed by atoms with E-state index in [4.69, 9.17) is 0 Å². The molecule has 6 nitrogen and oxygen atoms in total. The van der Waals surface area contributed by atoms with Crippen molar-refractivity contribution in [2.45, 2.75) is 31.7 Å². The maximum atomic E-state index is 12.1. The van der Waals surface area contributed by atoms with Crippen LogP contribution in [-0.2, 0) is 9.59 Å². The first kappa shape index (κ1) is 15.3. The van der Waals surface area contributed by atoms with E-state index in [0.29, 0.717) is 25.7 Å². The van der Waals surface area contributed by atoms with Gasteiger partial charge in [0.15, 0.2) is 0 Å². The van der Waals surface area contributed by atoms with E-state index in [1.54, 1.807) is 4.90 Å². The fourth-order valence-electron chi connectivity index (χ4n) is 2.88. The van der Waals surface area contributed by atoms with Crippen LogP contribution in [0.25, 0.3) is 0 Å². The smallest absolute Gasteiger partial charge is 0.311 e. The molecule has 2 fully saturated rings. The largest absolute Gasteiger partial charge is 0.346 e. The third-order valence-corrected chi connectivity index (χ3v) is 4.24. The Hall–Kier alpha value is -1.14.